The van der Waals surface area contributed by atoms with E-state index in [-0.39, 0.29) is 12.0 Å². The summed E-state index contributed by atoms with van der Waals surface area (Å²) in [6.07, 6.45) is 1.18. The molecule has 1 aromatic carbocycles. The SMILES string of the molecule is C[C@@H]1CN(c2ccc(C#N)c3ncccc23)CC(C(=O)N2CC(CN(C)C)C2)O1. The van der Waals surface area contributed by atoms with Crippen molar-refractivity contribution < 1.29 is 9.53 Å². The normalized spacial score (nSPS) is 22.6. The quantitative estimate of drug-likeness (QED) is 0.788. The number of carbonyl (C=O) groups excluding carboxylic acids is 1. The summed E-state index contributed by atoms with van der Waals surface area (Å²) in [5.41, 5.74) is 2.25. The molecule has 0 N–H and O–H groups in total. The van der Waals surface area contributed by atoms with Crippen molar-refractivity contribution in [3.63, 3.8) is 0 Å². The van der Waals surface area contributed by atoms with Gasteiger partial charge in [-0.15, -0.1) is 0 Å². The molecule has 2 aliphatic heterocycles. The molecular formula is C22H27N5O2. The number of carbonyl (C=O) groups is 1. The van der Waals surface area contributed by atoms with E-state index in [0.717, 1.165) is 30.7 Å². The number of ether oxygens (including phenoxy) is 1. The molecule has 2 aromatic rings. The first-order chi connectivity index (χ1) is 14.0. The molecule has 2 fully saturated rings. The van der Waals surface area contributed by atoms with Crippen LogP contribution < -0.4 is 4.90 Å². The minimum absolute atomic E-state index is 0.0566. The van der Waals surface area contributed by atoms with E-state index in [1.54, 1.807) is 6.20 Å². The molecule has 29 heavy (non-hydrogen) atoms. The molecule has 1 unspecified atom stereocenters. The highest BCUT2D eigenvalue weighted by atomic mass is 16.5. The minimum atomic E-state index is -0.471. The maximum absolute atomic E-state index is 13.0. The van der Waals surface area contributed by atoms with E-state index in [1.807, 2.05) is 36.1 Å². The van der Waals surface area contributed by atoms with Crippen LogP contribution in [0.25, 0.3) is 10.9 Å². The van der Waals surface area contributed by atoms with Gasteiger partial charge in [-0.3, -0.25) is 9.78 Å². The van der Waals surface area contributed by atoms with Crippen molar-refractivity contribution in [2.24, 2.45) is 5.92 Å². The largest absolute Gasteiger partial charge is 0.365 e. The second kappa shape index (κ2) is 7.97. The number of pyridine rings is 1. The molecular weight excluding hydrogens is 366 g/mol. The average molecular weight is 393 g/mol. The summed E-state index contributed by atoms with van der Waals surface area (Å²) < 4.78 is 6.02. The Balaban J connectivity index is 1.53. The van der Waals surface area contributed by atoms with E-state index in [0.29, 0.717) is 30.1 Å². The van der Waals surface area contributed by atoms with Crippen LogP contribution in [-0.2, 0) is 9.53 Å². The van der Waals surface area contributed by atoms with Crippen molar-refractivity contribution in [1.29, 1.82) is 5.26 Å². The Morgan fingerprint density at radius 2 is 2.07 bits per heavy atom. The predicted molar refractivity (Wildman–Crippen MR) is 112 cm³/mol. The van der Waals surface area contributed by atoms with E-state index in [9.17, 15) is 10.1 Å². The molecule has 4 rings (SSSR count). The van der Waals surface area contributed by atoms with E-state index >= 15 is 0 Å². The van der Waals surface area contributed by atoms with Gasteiger partial charge in [0, 0.05) is 49.4 Å². The lowest BCUT2D eigenvalue weighted by Crippen LogP contribution is -2.60. The molecule has 1 aromatic heterocycles. The number of nitrogens with zero attached hydrogens (tertiary/aromatic N) is 5. The molecule has 3 heterocycles. The third kappa shape index (κ3) is 3.91. The molecule has 2 saturated heterocycles. The van der Waals surface area contributed by atoms with Crippen LogP contribution >= 0.6 is 0 Å². The fourth-order valence-corrected chi connectivity index (χ4v) is 4.39. The van der Waals surface area contributed by atoms with Crippen LogP contribution in [0, 0.1) is 17.2 Å². The Bertz CT molecular complexity index is 948. The van der Waals surface area contributed by atoms with Crippen molar-refractivity contribution in [1.82, 2.24) is 14.8 Å². The van der Waals surface area contributed by atoms with Gasteiger partial charge in [0.25, 0.3) is 5.91 Å². The molecule has 0 radical (unpaired) electrons. The monoisotopic (exact) mass is 393 g/mol. The van der Waals surface area contributed by atoms with Crippen LogP contribution in [0.2, 0.25) is 0 Å². The first-order valence-electron chi connectivity index (χ1n) is 10.1. The molecule has 0 saturated carbocycles. The molecule has 7 heteroatoms. The van der Waals surface area contributed by atoms with Gasteiger partial charge in [0.15, 0.2) is 6.10 Å². The van der Waals surface area contributed by atoms with Crippen molar-refractivity contribution in [2.45, 2.75) is 19.1 Å². The summed E-state index contributed by atoms with van der Waals surface area (Å²) >= 11 is 0. The third-order valence-electron chi connectivity index (χ3n) is 5.64. The minimum Gasteiger partial charge on any atom is -0.365 e. The zero-order valence-electron chi connectivity index (χ0n) is 17.2. The molecule has 7 nitrogen and oxygen atoms in total. The highest BCUT2D eigenvalue weighted by Crippen LogP contribution is 2.31. The number of aromatic nitrogens is 1. The van der Waals surface area contributed by atoms with Crippen molar-refractivity contribution >= 4 is 22.5 Å². The van der Waals surface area contributed by atoms with Crippen LogP contribution in [0.5, 0.6) is 0 Å². The van der Waals surface area contributed by atoms with Crippen molar-refractivity contribution in [2.75, 3.05) is 51.7 Å². The van der Waals surface area contributed by atoms with Gasteiger partial charge in [-0.1, -0.05) is 0 Å². The lowest BCUT2D eigenvalue weighted by atomic mass is 9.98. The van der Waals surface area contributed by atoms with Gasteiger partial charge in [0.2, 0.25) is 0 Å². The molecule has 0 bridgehead atoms. The van der Waals surface area contributed by atoms with E-state index in [2.05, 4.69) is 34.9 Å². The van der Waals surface area contributed by atoms with Crippen LogP contribution in [0.1, 0.15) is 12.5 Å². The fourth-order valence-electron chi connectivity index (χ4n) is 4.39. The number of anilines is 1. The summed E-state index contributed by atoms with van der Waals surface area (Å²) in [5.74, 6) is 0.618. The number of benzene rings is 1. The van der Waals surface area contributed by atoms with Crippen LogP contribution in [0.15, 0.2) is 30.5 Å². The number of nitriles is 1. The number of hydrogen-bond acceptors (Lipinski definition) is 6. The summed E-state index contributed by atoms with van der Waals surface area (Å²) in [6.45, 7) is 5.81. The zero-order chi connectivity index (χ0) is 20.5. The van der Waals surface area contributed by atoms with Gasteiger partial charge in [0.1, 0.15) is 6.07 Å². The first kappa shape index (κ1) is 19.6. The lowest BCUT2D eigenvalue weighted by Gasteiger charge is -2.45. The van der Waals surface area contributed by atoms with E-state index in [1.165, 1.54) is 0 Å². The second-order valence-corrected chi connectivity index (χ2v) is 8.36. The topological polar surface area (TPSA) is 72.7 Å². The lowest BCUT2D eigenvalue weighted by molar-refractivity contribution is -0.155. The zero-order valence-corrected chi connectivity index (χ0v) is 17.2. The Morgan fingerprint density at radius 3 is 2.79 bits per heavy atom. The van der Waals surface area contributed by atoms with E-state index < -0.39 is 6.10 Å². The number of likely N-dealkylation sites (tertiary alicyclic amines) is 1. The molecule has 1 amide bonds. The van der Waals surface area contributed by atoms with Crippen LogP contribution in [0.3, 0.4) is 0 Å². The second-order valence-electron chi connectivity index (χ2n) is 8.36. The number of rotatable bonds is 4. The molecule has 2 atom stereocenters. The van der Waals surface area contributed by atoms with Gasteiger partial charge in [0.05, 0.1) is 23.7 Å². The first-order valence-corrected chi connectivity index (χ1v) is 10.1. The molecule has 2 aliphatic rings. The molecule has 0 spiro atoms. The highest BCUT2D eigenvalue weighted by molar-refractivity contribution is 5.95. The van der Waals surface area contributed by atoms with Gasteiger partial charge in [-0.2, -0.15) is 5.26 Å². The summed E-state index contributed by atoms with van der Waals surface area (Å²) in [6, 6.07) is 9.84. The van der Waals surface area contributed by atoms with Crippen LogP contribution in [0.4, 0.5) is 5.69 Å². The Kier molecular flexibility index (Phi) is 5.39. The van der Waals surface area contributed by atoms with Gasteiger partial charge >= 0.3 is 0 Å². The van der Waals surface area contributed by atoms with Gasteiger partial charge < -0.3 is 19.4 Å². The van der Waals surface area contributed by atoms with Gasteiger partial charge in [-0.25, -0.2) is 0 Å². The number of hydrogen-bond donors (Lipinski definition) is 0. The third-order valence-corrected chi connectivity index (χ3v) is 5.64. The Labute approximate surface area is 171 Å². The predicted octanol–water partition coefficient (Wildman–Crippen LogP) is 1.72. The van der Waals surface area contributed by atoms with E-state index in [4.69, 9.17) is 4.74 Å². The maximum Gasteiger partial charge on any atom is 0.253 e. The summed E-state index contributed by atoms with van der Waals surface area (Å²) in [7, 11) is 4.12. The maximum atomic E-state index is 13.0. The summed E-state index contributed by atoms with van der Waals surface area (Å²) in [4.78, 5) is 23.7. The average Bonchev–Trinajstić information content (AvgIpc) is 2.68. The standard InChI is InChI=1S/C22H27N5O2/c1-15-10-26(19-7-6-17(9-23)21-18(19)5-4-8-24-21)14-20(29-15)22(28)27-12-16(13-27)11-25(2)3/h4-8,15-16,20H,10-14H2,1-3H3/t15-,20?/m1/s1. The van der Waals surface area contributed by atoms with Crippen molar-refractivity contribution in [3.05, 3.63) is 36.0 Å². The Hall–Kier alpha value is -2.69. The number of amides is 1. The number of morpholine rings is 1. The smallest absolute Gasteiger partial charge is 0.253 e. The molecule has 152 valence electrons. The highest BCUT2D eigenvalue weighted by Gasteiger charge is 2.38. The number of fused-ring (bicyclic) bond motifs is 1. The van der Waals surface area contributed by atoms with Crippen LogP contribution in [-0.4, -0.2) is 79.7 Å². The summed E-state index contributed by atoms with van der Waals surface area (Å²) in [5, 5.41) is 10.3. The molecule has 0 aliphatic carbocycles. The van der Waals surface area contributed by atoms with Crippen molar-refractivity contribution in [3.8, 4) is 6.07 Å². The Morgan fingerprint density at radius 1 is 1.28 bits per heavy atom. The van der Waals surface area contributed by atoms with Gasteiger partial charge in [-0.05, 0) is 45.3 Å². The fraction of sp³-hybridized carbons (Fsp3) is 0.500.